The second kappa shape index (κ2) is 5.53. The third-order valence-corrected chi connectivity index (χ3v) is 3.86. The Bertz CT molecular complexity index is 398. The van der Waals surface area contributed by atoms with E-state index in [-0.39, 0.29) is 0 Å². The summed E-state index contributed by atoms with van der Waals surface area (Å²) in [5.41, 5.74) is 0.0909. The molecule has 0 bridgehead atoms. The highest BCUT2D eigenvalue weighted by molar-refractivity contribution is 5.80. The van der Waals surface area contributed by atoms with Crippen LogP contribution in [0.4, 0.5) is 0 Å². The number of aliphatic carboxylic acids is 1. The van der Waals surface area contributed by atoms with Crippen LogP contribution in [0.3, 0.4) is 0 Å². The standard InChI is InChI=1S/C15H21NO2/c1-2-10-15(14(17)18,16-11-6-7-12-16)13-8-4-3-5-9-13/h3-5,8-9H,2,6-7,10-12H2,1H3,(H,17,18). The normalized spacial score (nSPS) is 19.6. The third-order valence-electron chi connectivity index (χ3n) is 3.86. The van der Waals surface area contributed by atoms with Crippen molar-refractivity contribution in [2.75, 3.05) is 13.1 Å². The van der Waals surface area contributed by atoms with Crippen molar-refractivity contribution < 1.29 is 9.90 Å². The van der Waals surface area contributed by atoms with Crippen molar-refractivity contribution in [1.29, 1.82) is 0 Å². The van der Waals surface area contributed by atoms with E-state index >= 15 is 0 Å². The van der Waals surface area contributed by atoms with Crippen molar-refractivity contribution in [3.05, 3.63) is 35.9 Å². The third kappa shape index (κ3) is 2.15. The van der Waals surface area contributed by atoms with Crippen LogP contribution >= 0.6 is 0 Å². The van der Waals surface area contributed by atoms with Gasteiger partial charge in [-0.2, -0.15) is 0 Å². The van der Waals surface area contributed by atoms with E-state index in [0.29, 0.717) is 6.42 Å². The number of nitrogens with zero attached hydrogens (tertiary/aromatic N) is 1. The summed E-state index contributed by atoms with van der Waals surface area (Å²) in [6.07, 6.45) is 3.75. The molecule has 1 saturated heterocycles. The molecular weight excluding hydrogens is 226 g/mol. The minimum absolute atomic E-state index is 0.673. The van der Waals surface area contributed by atoms with Gasteiger partial charge in [0.2, 0.25) is 0 Å². The van der Waals surface area contributed by atoms with E-state index in [1.54, 1.807) is 0 Å². The molecule has 0 spiro atoms. The Balaban J connectivity index is 2.45. The van der Waals surface area contributed by atoms with Gasteiger partial charge in [-0.3, -0.25) is 4.90 Å². The fourth-order valence-corrected chi connectivity index (χ4v) is 3.03. The lowest BCUT2D eigenvalue weighted by Crippen LogP contribution is -2.50. The Hall–Kier alpha value is -1.35. The van der Waals surface area contributed by atoms with Gasteiger partial charge < -0.3 is 5.11 Å². The van der Waals surface area contributed by atoms with Crippen LogP contribution in [0.25, 0.3) is 0 Å². The molecule has 3 heteroatoms. The van der Waals surface area contributed by atoms with Gasteiger partial charge in [-0.1, -0.05) is 43.7 Å². The second-order valence-corrected chi connectivity index (χ2v) is 4.98. The monoisotopic (exact) mass is 247 g/mol. The Morgan fingerprint density at radius 1 is 1.28 bits per heavy atom. The van der Waals surface area contributed by atoms with E-state index in [0.717, 1.165) is 37.9 Å². The molecule has 1 aliphatic heterocycles. The number of carboxylic acids is 1. The van der Waals surface area contributed by atoms with E-state index in [2.05, 4.69) is 11.8 Å². The molecule has 0 saturated carbocycles. The molecule has 0 aromatic heterocycles. The van der Waals surface area contributed by atoms with Crippen molar-refractivity contribution in [2.24, 2.45) is 0 Å². The molecule has 18 heavy (non-hydrogen) atoms. The Morgan fingerprint density at radius 3 is 2.39 bits per heavy atom. The number of rotatable bonds is 5. The van der Waals surface area contributed by atoms with E-state index in [1.807, 2.05) is 30.3 Å². The highest BCUT2D eigenvalue weighted by atomic mass is 16.4. The van der Waals surface area contributed by atoms with Crippen LogP contribution in [-0.4, -0.2) is 29.1 Å². The summed E-state index contributed by atoms with van der Waals surface area (Å²) >= 11 is 0. The van der Waals surface area contributed by atoms with E-state index in [9.17, 15) is 9.90 Å². The zero-order valence-electron chi connectivity index (χ0n) is 10.9. The summed E-state index contributed by atoms with van der Waals surface area (Å²) in [6.45, 7) is 3.83. The lowest BCUT2D eigenvalue weighted by Gasteiger charge is -2.38. The summed E-state index contributed by atoms with van der Waals surface area (Å²) in [6, 6.07) is 9.69. The maximum Gasteiger partial charge on any atom is 0.328 e. The van der Waals surface area contributed by atoms with Crippen molar-refractivity contribution in [1.82, 2.24) is 4.90 Å². The lowest BCUT2D eigenvalue weighted by atomic mass is 9.84. The predicted octanol–water partition coefficient (Wildman–Crippen LogP) is 2.86. The van der Waals surface area contributed by atoms with Crippen LogP contribution in [0.15, 0.2) is 30.3 Å². The molecule has 2 rings (SSSR count). The molecule has 3 nitrogen and oxygen atoms in total. The van der Waals surface area contributed by atoms with Crippen LogP contribution in [-0.2, 0) is 10.3 Å². The largest absolute Gasteiger partial charge is 0.480 e. The highest BCUT2D eigenvalue weighted by Gasteiger charge is 2.45. The Labute approximate surface area is 108 Å². The predicted molar refractivity (Wildman–Crippen MR) is 71.5 cm³/mol. The lowest BCUT2D eigenvalue weighted by molar-refractivity contribution is -0.152. The Morgan fingerprint density at radius 2 is 1.89 bits per heavy atom. The van der Waals surface area contributed by atoms with Crippen LogP contribution in [0.1, 0.15) is 38.2 Å². The van der Waals surface area contributed by atoms with Crippen molar-refractivity contribution in [3.63, 3.8) is 0 Å². The van der Waals surface area contributed by atoms with Gasteiger partial charge in [0.15, 0.2) is 0 Å². The number of carbonyl (C=O) groups is 1. The molecule has 1 aromatic carbocycles. The van der Waals surface area contributed by atoms with Crippen molar-refractivity contribution >= 4 is 5.97 Å². The SMILES string of the molecule is CCCC(C(=O)O)(c1ccccc1)N1CCCC1. The molecule has 0 radical (unpaired) electrons. The van der Waals surface area contributed by atoms with Crippen molar-refractivity contribution in [3.8, 4) is 0 Å². The summed E-state index contributed by atoms with van der Waals surface area (Å²) in [5, 5.41) is 9.83. The Kier molecular flexibility index (Phi) is 4.02. The van der Waals surface area contributed by atoms with Gasteiger partial charge in [0.05, 0.1) is 0 Å². The quantitative estimate of drug-likeness (QED) is 0.869. The molecule has 1 atom stereocenters. The summed E-state index contributed by atoms with van der Waals surface area (Å²) in [7, 11) is 0. The molecule has 1 unspecified atom stereocenters. The first-order chi connectivity index (χ1) is 8.71. The van der Waals surface area contributed by atoms with E-state index in [4.69, 9.17) is 0 Å². The second-order valence-electron chi connectivity index (χ2n) is 4.98. The summed E-state index contributed by atoms with van der Waals surface area (Å²) in [5.74, 6) is -0.711. The van der Waals surface area contributed by atoms with Gasteiger partial charge in [0, 0.05) is 0 Å². The van der Waals surface area contributed by atoms with Gasteiger partial charge >= 0.3 is 5.97 Å². The molecule has 0 amide bonds. The average molecular weight is 247 g/mol. The number of hydrogen-bond donors (Lipinski definition) is 1. The number of benzene rings is 1. The molecule has 1 aromatic rings. The smallest absolute Gasteiger partial charge is 0.328 e. The minimum Gasteiger partial charge on any atom is -0.480 e. The fraction of sp³-hybridized carbons (Fsp3) is 0.533. The maximum absolute atomic E-state index is 12.0. The fourth-order valence-electron chi connectivity index (χ4n) is 3.03. The summed E-state index contributed by atoms with van der Waals surface area (Å²) in [4.78, 5) is 14.1. The van der Waals surface area contributed by atoms with Gasteiger partial charge in [-0.05, 0) is 37.9 Å². The zero-order valence-corrected chi connectivity index (χ0v) is 10.9. The van der Waals surface area contributed by atoms with Gasteiger partial charge in [-0.25, -0.2) is 4.79 Å². The van der Waals surface area contributed by atoms with Gasteiger partial charge in [0.25, 0.3) is 0 Å². The van der Waals surface area contributed by atoms with Crippen molar-refractivity contribution in [2.45, 2.75) is 38.1 Å². The molecule has 1 fully saturated rings. The number of carboxylic acid groups (broad SMARTS) is 1. The van der Waals surface area contributed by atoms with Crippen LogP contribution in [0, 0.1) is 0 Å². The first-order valence-electron chi connectivity index (χ1n) is 6.76. The van der Waals surface area contributed by atoms with Crippen LogP contribution < -0.4 is 0 Å². The molecule has 1 aliphatic rings. The molecule has 0 aliphatic carbocycles. The first kappa shape index (κ1) is 13.1. The highest BCUT2D eigenvalue weighted by Crippen LogP contribution is 2.36. The maximum atomic E-state index is 12.0. The number of hydrogen-bond acceptors (Lipinski definition) is 2. The number of likely N-dealkylation sites (tertiary alicyclic amines) is 1. The zero-order chi connectivity index (χ0) is 13.0. The van der Waals surface area contributed by atoms with Gasteiger partial charge in [-0.15, -0.1) is 0 Å². The molecule has 98 valence electrons. The van der Waals surface area contributed by atoms with E-state index in [1.165, 1.54) is 0 Å². The summed E-state index contributed by atoms with van der Waals surface area (Å²) < 4.78 is 0. The molecule has 1 N–H and O–H groups in total. The minimum atomic E-state index is -0.827. The molecular formula is C15H21NO2. The average Bonchev–Trinajstić information content (AvgIpc) is 2.90. The molecule has 1 heterocycles. The van der Waals surface area contributed by atoms with Crippen LogP contribution in [0.5, 0.6) is 0 Å². The first-order valence-corrected chi connectivity index (χ1v) is 6.76. The topological polar surface area (TPSA) is 40.5 Å². The van der Waals surface area contributed by atoms with Gasteiger partial charge in [0.1, 0.15) is 5.54 Å². The van der Waals surface area contributed by atoms with Crippen LogP contribution in [0.2, 0.25) is 0 Å². The van der Waals surface area contributed by atoms with E-state index < -0.39 is 11.5 Å².